The molecule has 1 heterocycles. The summed E-state index contributed by atoms with van der Waals surface area (Å²) in [7, 11) is 0. The van der Waals surface area contributed by atoms with Crippen LogP contribution in [0.2, 0.25) is 0 Å². The molecule has 1 unspecified atom stereocenters. The van der Waals surface area contributed by atoms with Crippen LogP contribution >= 0.6 is 0 Å². The van der Waals surface area contributed by atoms with Gasteiger partial charge in [-0.05, 0) is 24.1 Å². The third kappa shape index (κ3) is 3.56. The molecule has 0 spiro atoms. The quantitative estimate of drug-likeness (QED) is 0.925. The van der Waals surface area contributed by atoms with Gasteiger partial charge in [0.25, 0.3) is 0 Å². The maximum atomic E-state index is 13.7. The van der Waals surface area contributed by atoms with E-state index in [1.165, 1.54) is 4.90 Å². The highest BCUT2D eigenvalue weighted by molar-refractivity contribution is 5.90. The van der Waals surface area contributed by atoms with Crippen LogP contribution in [0.15, 0.2) is 18.2 Å². The van der Waals surface area contributed by atoms with Gasteiger partial charge in [-0.1, -0.05) is 13.8 Å². The lowest BCUT2D eigenvalue weighted by atomic mass is 10.0. The summed E-state index contributed by atoms with van der Waals surface area (Å²) in [4.78, 5) is 25.5. The number of amides is 2. The maximum absolute atomic E-state index is 13.7. The van der Waals surface area contributed by atoms with Gasteiger partial charge in [-0.25, -0.2) is 8.78 Å². The van der Waals surface area contributed by atoms with Crippen LogP contribution < -0.4 is 5.32 Å². The summed E-state index contributed by atoms with van der Waals surface area (Å²) in [5.41, 5.74) is 0.111. The zero-order valence-electron chi connectivity index (χ0n) is 12.0. The van der Waals surface area contributed by atoms with Crippen molar-refractivity contribution in [1.29, 1.82) is 0 Å². The van der Waals surface area contributed by atoms with Crippen molar-refractivity contribution in [2.24, 2.45) is 5.92 Å². The minimum atomic E-state index is -0.628. The van der Waals surface area contributed by atoms with Gasteiger partial charge in [-0.3, -0.25) is 9.59 Å². The van der Waals surface area contributed by atoms with Crippen LogP contribution in [0, 0.1) is 17.6 Å². The zero-order chi connectivity index (χ0) is 15.6. The molecule has 1 aliphatic rings. The molecule has 0 saturated carbocycles. The van der Waals surface area contributed by atoms with E-state index < -0.39 is 17.7 Å². The Morgan fingerprint density at radius 3 is 2.71 bits per heavy atom. The number of nitrogens with zero attached hydrogens (tertiary/aromatic N) is 1. The number of halogens is 2. The van der Waals surface area contributed by atoms with Gasteiger partial charge in [0.1, 0.15) is 17.7 Å². The predicted molar refractivity (Wildman–Crippen MR) is 73.2 cm³/mol. The van der Waals surface area contributed by atoms with Crippen LogP contribution in [0.3, 0.4) is 0 Å². The Labute approximate surface area is 122 Å². The van der Waals surface area contributed by atoms with E-state index >= 15 is 0 Å². The van der Waals surface area contributed by atoms with E-state index in [1.54, 1.807) is 0 Å². The van der Waals surface area contributed by atoms with E-state index in [0.717, 1.165) is 18.2 Å². The van der Waals surface area contributed by atoms with Gasteiger partial charge in [-0.15, -0.1) is 0 Å². The number of carbonyl (C=O) groups is 2. The third-order valence-electron chi connectivity index (χ3n) is 3.54. The van der Waals surface area contributed by atoms with Gasteiger partial charge >= 0.3 is 0 Å². The number of carbonyl (C=O) groups excluding carboxylic acids is 2. The number of hydrogen-bond acceptors (Lipinski definition) is 2. The normalized spacial score (nSPS) is 19.7. The van der Waals surface area contributed by atoms with Crippen molar-refractivity contribution < 1.29 is 18.4 Å². The van der Waals surface area contributed by atoms with Crippen LogP contribution in [0.1, 0.15) is 25.8 Å². The lowest BCUT2D eigenvalue weighted by molar-refractivity contribution is -0.135. The van der Waals surface area contributed by atoms with Crippen molar-refractivity contribution in [2.45, 2.75) is 32.9 Å². The topological polar surface area (TPSA) is 49.4 Å². The van der Waals surface area contributed by atoms with Crippen molar-refractivity contribution in [3.8, 4) is 0 Å². The Kier molecular flexibility index (Phi) is 4.55. The smallest absolute Gasteiger partial charge is 0.245 e. The average Bonchev–Trinajstić information content (AvgIpc) is 2.56. The zero-order valence-corrected chi connectivity index (χ0v) is 12.0. The van der Waals surface area contributed by atoms with Crippen LogP contribution in [-0.2, 0) is 16.1 Å². The number of benzene rings is 1. The van der Waals surface area contributed by atoms with E-state index in [0.29, 0.717) is 0 Å². The van der Waals surface area contributed by atoms with Crippen molar-refractivity contribution in [2.75, 3.05) is 6.54 Å². The lowest BCUT2D eigenvalue weighted by Gasteiger charge is -2.26. The third-order valence-corrected chi connectivity index (χ3v) is 3.54. The van der Waals surface area contributed by atoms with Crippen molar-refractivity contribution in [1.82, 2.24) is 10.2 Å². The Morgan fingerprint density at radius 2 is 2.05 bits per heavy atom. The Morgan fingerprint density at radius 1 is 1.33 bits per heavy atom. The molecule has 1 aromatic rings. The highest BCUT2D eigenvalue weighted by atomic mass is 19.1. The molecule has 0 aromatic heterocycles. The molecule has 0 aliphatic carbocycles. The molecule has 1 N–H and O–H groups in total. The van der Waals surface area contributed by atoms with E-state index in [2.05, 4.69) is 5.32 Å². The first-order valence-electron chi connectivity index (χ1n) is 6.90. The molecule has 0 bridgehead atoms. The fraction of sp³-hybridized carbons (Fsp3) is 0.467. The van der Waals surface area contributed by atoms with Gasteiger partial charge < -0.3 is 10.2 Å². The number of rotatable bonds is 3. The monoisotopic (exact) mass is 296 g/mol. The second-order valence-electron chi connectivity index (χ2n) is 5.53. The first kappa shape index (κ1) is 15.4. The van der Waals surface area contributed by atoms with E-state index in [1.807, 2.05) is 13.8 Å². The summed E-state index contributed by atoms with van der Waals surface area (Å²) in [6.45, 7) is 3.81. The highest BCUT2D eigenvalue weighted by Crippen LogP contribution is 2.17. The Balaban J connectivity index is 2.23. The maximum Gasteiger partial charge on any atom is 0.245 e. The fourth-order valence-corrected chi connectivity index (χ4v) is 2.33. The molecule has 1 fully saturated rings. The molecule has 2 amide bonds. The van der Waals surface area contributed by atoms with Crippen molar-refractivity contribution in [3.63, 3.8) is 0 Å². The average molecular weight is 296 g/mol. The molecule has 1 aliphatic heterocycles. The lowest BCUT2D eigenvalue weighted by Crippen LogP contribution is -2.47. The summed E-state index contributed by atoms with van der Waals surface area (Å²) in [5.74, 6) is -1.65. The molecule has 4 nitrogen and oxygen atoms in total. The second kappa shape index (κ2) is 6.20. The molecule has 114 valence electrons. The van der Waals surface area contributed by atoms with Gasteiger partial charge in [0.2, 0.25) is 11.8 Å². The molecule has 0 radical (unpaired) electrons. The van der Waals surface area contributed by atoms with Gasteiger partial charge in [0.05, 0.1) is 0 Å². The van der Waals surface area contributed by atoms with Crippen LogP contribution in [0.5, 0.6) is 0 Å². The molecule has 6 heteroatoms. The predicted octanol–water partition coefficient (Wildman–Crippen LogP) is 1.84. The largest absolute Gasteiger partial charge is 0.344 e. The minimum Gasteiger partial charge on any atom is -0.344 e. The minimum absolute atomic E-state index is 0.0411. The SMILES string of the molecule is CC(C)C1NC(=O)CCN(Cc2cc(F)ccc2F)C1=O. The molecule has 2 rings (SSSR count). The van der Waals surface area contributed by atoms with Gasteiger partial charge in [0, 0.05) is 25.1 Å². The number of hydrogen-bond donors (Lipinski definition) is 1. The summed E-state index contributed by atoms with van der Waals surface area (Å²) >= 11 is 0. The van der Waals surface area contributed by atoms with E-state index in [9.17, 15) is 18.4 Å². The second-order valence-corrected chi connectivity index (χ2v) is 5.53. The molecular formula is C15H18F2N2O2. The Bertz CT molecular complexity index is 561. The fourth-order valence-electron chi connectivity index (χ4n) is 2.33. The summed E-state index contributed by atoms with van der Waals surface area (Å²) < 4.78 is 26.9. The number of nitrogens with one attached hydrogen (secondary N) is 1. The molecule has 1 saturated heterocycles. The first-order valence-corrected chi connectivity index (χ1v) is 6.90. The van der Waals surface area contributed by atoms with Crippen LogP contribution in [0.4, 0.5) is 8.78 Å². The summed E-state index contributed by atoms with van der Waals surface area (Å²) in [6.07, 6.45) is 0.159. The highest BCUT2D eigenvalue weighted by Gasteiger charge is 2.32. The van der Waals surface area contributed by atoms with Gasteiger partial charge in [-0.2, -0.15) is 0 Å². The molecule has 21 heavy (non-hydrogen) atoms. The summed E-state index contributed by atoms with van der Waals surface area (Å²) in [5, 5.41) is 2.67. The van der Waals surface area contributed by atoms with Crippen LogP contribution in [-0.4, -0.2) is 29.3 Å². The van der Waals surface area contributed by atoms with Gasteiger partial charge in [0.15, 0.2) is 0 Å². The molecule has 1 aromatic carbocycles. The first-order chi connectivity index (χ1) is 9.88. The summed E-state index contributed by atoms with van der Waals surface area (Å²) in [6, 6.07) is 2.52. The van der Waals surface area contributed by atoms with Crippen molar-refractivity contribution in [3.05, 3.63) is 35.4 Å². The standard InChI is InChI=1S/C15H18F2N2O2/c1-9(2)14-15(21)19(6-5-13(20)18-14)8-10-7-11(16)3-4-12(10)17/h3-4,7,9,14H,5-6,8H2,1-2H3,(H,18,20). The molecule has 1 atom stereocenters. The van der Waals surface area contributed by atoms with Crippen molar-refractivity contribution >= 4 is 11.8 Å². The van der Waals surface area contributed by atoms with E-state index in [-0.39, 0.29) is 42.8 Å². The molecular weight excluding hydrogens is 278 g/mol. The Hall–Kier alpha value is -1.98. The van der Waals surface area contributed by atoms with E-state index in [4.69, 9.17) is 0 Å². The van der Waals surface area contributed by atoms with Crippen LogP contribution in [0.25, 0.3) is 0 Å².